The molecule has 0 atom stereocenters. The van der Waals surface area contributed by atoms with Gasteiger partial charge in [0, 0.05) is 7.05 Å². The quantitative estimate of drug-likeness (QED) is 0.398. The van der Waals surface area contributed by atoms with Gasteiger partial charge in [-0.2, -0.15) is 0 Å². The summed E-state index contributed by atoms with van der Waals surface area (Å²) >= 11 is 0. The highest BCUT2D eigenvalue weighted by molar-refractivity contribution is 5.99. The number of nitrogens with zero attached hydrogens (tertiary/aromatic N) is 2. The van der Waals surface area contributed by atoms with Gasteiger partial charge in [-0.25, -0.2) is 9.38 Å². The summed E-state index contributed by atoms with van der Waals surface area (Å²) in [4.78, 5) is 7.13. The zero-order valence-corrected chi connectivity index (χ0v) is 5.56. The fourth-order valence-corrected chi connectivity index (χ4v) is 0.214. The lowest BCUT2D eigenvalue weighted by Gasteiger charge is -1.87. The fraction of sp³-hybridized carbons (Fsp3) is 0.333. The topological polar surface area (TPSA) is 24.7 Å². The SMILES string of the molecule is C=C(F)C(C)=NC=NC. The Labute approximate surface area is 53.8 Å². The second kappa shape index (κ2) is 3.95. The molecule has 0 saturated carbocycles. The summed E-state index contributed by atoms with van der Waals surface area (Å²) in [5.74, 6) is -0.519. The molecule has 0 aliphatic heterocycles. The molecule has 50 valence electrons. The van der Waals surface area contributed by atoms with Gasteiger partial charge in [0.05, 0.1) is 5.71 Å². The molecule has 9 heavy (non-hydrogen) atoms. The van der Waals surface area contributed by atoms with Crippen LogP contribution in [0, 0.1) is 0 Å². The minimum Gasteiger partial charge on any atom is -0.277 e. The molecule has 0 bridgehead atoms. The van der Waals surface area contributed by atoms with Gasteiger partial charge in [0.25, 0.3) is 0 Å². The third kappa shape index (κ3) is 3.58. The number of hydrogen-bond acceptors (Lipinski definition) is 1. The molecule has 0 aromatic heterocycles. The third-order valence-corrected chi connectivity index (χ3v) is 0.759. The van der Waals surface area contributed by atoms with Crippen molar-refractivity contribution in [1.82, 2.24) is 0 Å². The monoisotopic (exact) mass is 128 g/mol. The summed E-state index contributed by atoms with van der Waals surface area (Å²) < 4.78 is 12.0. The molecule has 0 heterocycles. The van der Waals surface area contributed by atoms with Crippen LogP contribution in [-0.4, -0.2) is 19.1 Å². The molecule has 3 heteroatoms. The third-order valence-electron chi connectivity index (χ3n) is 0.759. The van der Waals surface area contributed by atoms with Crippen LogP contribution < -0.4 is 0 Å². The fourth-order valence-electron chi connectivity index (χ4n) is 0.214. The normalized spacial score (nSPS) is 12.6. The zero-order valence-electron chi connectivity index (χ0n) is 5.56. The molecule has 0 aliphatic carbocycles. The lowest BCUT2D eigenvalue weighted by molar-refractivity contribution is 0.685. The van der Waals surface area contributed by atoms with Crippen LogP contribution in [0.2, 0.25) is 0 Å². The molecule has 0 radical (unpaired) electrons. The van der Waals surface area contributed by atoms with Gasteiger partial charge in [0.2, 0.25) is 0 Å². The van der Waals surface area contributed by atoms with E-state index in [9.17, 15) is 4.39 Å². The predicted octanol–water partition coefficient (Wildman–Crippen LogP) is 1.59. The van der Waals surface area contributed by atoms with Gasteiger partial charge in [-0.3, -0.25) is 4.99 Å². The van der Waals surface area contributed by atoms with Gasteiger partial charge < -0.3 is 0 Å². The predicted molar refractivity (Wildman–Crippen MR) is 37.8 cm³/mol. The summed E-state index contributed by atoms with van der Waals surface area (Å²) in [7, 11) is 1.57. The molecule has 0 amide bonds. The average Bonchev–Trinajstić information content (AvgIpc) is 1.82. The summed E-state index contributed by atoms with van der Waals surface area (Å²) in [6.07, 6.45) is 1.28. The first-order valence-electron chi connectivity index (χ1n) is 2.48. The van der Waals surface area contributed by atoms with Crippen LogP contribution >= 0.6 is 0 Å². The molecule has 0 aliphatic rings. The zero-order chi connectivity index (χ0) is 7.28. The van der Waals surface area contributed by atoms with E-state index < -0.39 is 5.83 Å². The van der Waals surface area contributed by atoms with Crippen molar-refractivity contribution in [2.75, 3.05) is 7.05 Å². The maximum Gasteiger partial charge on any atom is 0.137 e. The molecule has 0 saturated heterocycles. The standard InChI is InChI=1S/C6H9FN2/c1-5(7)6(2)9-4-8-3/h4H,1H2,2-3H3. The second-order valence-corrected chi connectivity index (χ2v) is 1.49. The van der Waals surface area contributed by atoms with E-state index in [0.29, 0.717) is 0 Å². The lowest BCUT2D eigenvalue weighted by Crippen LogP contribution is -1.89. The van der Waals surface area contributed by atoms with Crippen molar-refractivity contribution < 1.29 is 4.39 Å². The van der Waals surface area contributed by atoms with Gasteiger partial charge in [-0.1, -0.05) is 6.58 Å². The Morgan fingerprint density at radius 1 is 1.67 bits per heavy atom. The minimum absolute atomic E-state index is 0.264. The highest BCUT2D eigenvalue weighted by Gasteiger charge is 1.90. The summed E-state index contributed by atoms with van der Waals surface area (Å²) in [6.45, 7) is 4.58. The highest BCUT2D eigenvalue weighted by Crippen LogP contribution is 1.93. The molecule has 0 aromatic carbocycles. The van der Waals surface area contributed by atoms with Crippen LogP contribution in [0.5, 0.6) is 0 Å². The van der Waals surface area contributed by atoms with Crippen LogP contribution in [-0.2, 0) is 0 Å². The van der Waals surface area contributed by atoms with E-state index in [0.717, 1.165) is 0 Å². The average molecular weight is 128 g/mol. The maximum absolute atomic E-state index is 12.0. The Bertz CT molecular complexity index is 158. The van der Waals surface area contributed by atoms with E-state index >= 15 is 0 Å². The van der Waals surface area contributed by atoms with Gasteiger partial charge in [-0.05, 0) is 6.92 Å². The number of aliphatic imine (C=N–C) groups is 2. The molecule has 0 unspecified atom stereocenters. The van der Waals surface area contributed by atoms with Crippen LogP contribution in [0.4, 0.5) is 4.39 Å². The molecule has 2 nitrogen and oxygen atoms in total. The van der Waals surface area contributed by atoms with Crippen molar-refractivity contribution >= 4 is 12.1 Å². The lowest BCUT2D eigenvalue weighted by atomic mass is 10.4. The molecule has 0 rings (SSSR count). The van der Waals surface area contributed by atoms with Crippen molar-refractivity contribution in [2.45, 2.75) is 6.92 Å². The largest absolute Gasteiger partial charge is 0.277 e. The Kier molecular flexibility index (Phi) is 3.51. The van der Waals surface area contributed by atoms with Gasteiger partial charge in [0.1, 0.15) is 12.2 Å². The van der Waals surface area contributed by atoms with E-state index in [1.807, 2.05) is 0 Å². The van der Waals surface area contributed by atoms with E-state index in [2.05, 4.69) is 16.6 Å². The van der Waals surface area contributed by atoms with Crippen molar-refractivity contribution in [3.8, 4) is 0 Å². The van der Waals surface area contributed by atoms with Crippen molar-refractivity contribution in [3.05, 3.63) is 12.4 Å². The number of hydrogen-bond donors (Lipinski definition) is 0. The molecule has 0 N–H and O–H groups in total. The molecular formula is C6H9FN2. The van der Waals surface area contributed by atoms with E-state index in [1.165, 1.54) is 13.3 Å². The second-order valence-electron chi connectivity index (χ2n) is 1.49. The van der Waals surface area contributed by atoms with Crippen LogP contribution in [0.3, 0.4) is 0 Å². The van der Waals surface area contributed by atoms with Crippen LogP contribution in [0.15, 0.2) is 22.4 Å². The molecule has 0 fully saturated rings. The van der Waals surface area contributed by atoms with E-state index in [-0.39, 0.29) is 5.71 Å². The Balaban J connectivity index is 4.00. The van der Waals surface area contributed by atoms with Gasteiger partial charge in [-0.15, -0.1) is 0 Å². The number of allylic oxidation sites excluding steroid dienone is 1. The minimum atomic E-state index is -0.519. The Morgan fingerprint density at radius 2 is 2.22 bits per heavy atom. The summed E-state index contributed by atoms with van der Waals surface area (Å²) in [5.41, 5.74) is 0.264. The Morgan fingerprint density at radius 3 is 2.56 bits per heavy atom. The maximum atomic E-state index is 12.0. The summed E-state index contributed by atoms with van der Waals surface area (Å²) in [5, 5.41) is 0. The van der Waals surface area contributed by atoms with Gasteiger partial charge in [0.15, 0.2) is 0 Å². The van der Waals surface area contributed by atoms with Crippen molar-refractivity contribution in [3.63, 3.8) is 0 Å². The first kappa shape index (κ1) is 8.01. The van der Waals surface area contributed by atoms with E-state index in [1.54, 1.807) is 7.05 Å². The first-order chi connectivity index (χ1) is 4.18. The van der Waals surface area contributed by atoms with Crippen LogP contribution in [0.25, 0.3) is 0 Å². The Hall–Kier alpha value is -0.990. The number of rotatable bonds is 2. The van der Waals surface area contributed by atoms with Crippen LogP contribution in [0.1, 0.15) is 6.92 Å². The van der Waals surface area contributed by atoms with Crippen molar-refractivity contribution in [1.29, 1.82) is 0 Å². The highest BCUT2D eigenvalue weighted by atomic mass is 19.1. The molecule has 0 aromatic rings. The summed E-state index contributed by atoms with van der Waals surface area (Å²) in [6, 6.07) is 0. The van der Waals surface area contributed by atoms with Gasteiger partial charge >= 0.3 is 0 Å². The first-order valence-corrected chi connectivity index (χ1v) is 2.48. The van der Waals surface area contributed by atoms with Crippen molar-refractivity contribution in [2.24, 2.45) is 9.98 Å². The smallest absolute Gasteiger partial charge is 0.137 e. The number of halogens is 1. The van der Waals surface area contributed by atoms with E-state index in [4.69, 9.17) is 0 Å². The molecule has 0 spiro atoms. The molecular weight excluding hydrogens is 119 g/mol.